The van der Waals surface area contributed by atoms with Gasteiger partial charge in [-0.25, -0.2) is 0 Å². The van der Waals surface area contributed by atoms with Crippen molar-refractivity contribution in [3.8, 4) is 5.75 Å². The highest BCUT2D eigenvalue weighted by molar-refractivity contribution is 5.94. The summed E-state index contributed by atoms with van der Waals surface area (Å²) in [5, 5.41) is 2.82. The summed E-state index contributed by atoms with van der Waals surface area (Å²) in [6, 6.07) is 7.26. The van der Waals surface area contributed by atoms with Gasteiger partial charge in [-0.1, -0.05) is 0 Å². The van der Waals surface area contributed by atoms with Gasteiger partial charge in [0, 0.05) is 31.6 Å². The predicted molar refractivity (Wildman–Crippen MR) is 92.1 cm³/mol. The number of benzene rings is 1. The van der Waals surface area contributed by atoms with E-state index in [2.05, 4.69) is 5.32 Å². The molecule has 0 radical (unpaired) electrons. The molecule has 1 heterocycles. The fourth-order valence-corrected chi connectivity index (χ4v) is 3.39. The minimum atomic E-state index is -0.142. The Bertz CT molecular complexity index is 558. The van der Waals surface area contributed by atoms with Crippen LogP contribution in [0.5, 0.6) is 5.75 Å². The third-order valence-electron chi connectivity index (χ3n) is 4.80. The van der Waals surface area contributed by atoms with Gasteiger partial charge >= 0.3 is 0 Å². The normalized spacial score (nSPS) is 17.9. The summed E-state index contributed by atoms with van der Waals surface area (Å²) in [7, 11) is 0. The van der Waals surface area contributed by atoms with Gasteiger partial charge in [0.2, 0.25) is 5.91 Å². The van der Waals surface area contributed by atoms with Gasteiger partial charge in [-0.15, -0.1) is 0 Å². The van der Waals surface area contributed by atoms with Crippen LogP contribution in [0.2, 0.25) is 0 Å². The second-order valence-corrected chi connectivity index (χ2v) is 6.64. The Hall–Kier alpha value is -2.04. The number of hydrogen-bond acceptors (Lipinski definition) is 3. The third-order valence-corrected chi connectivity index (χ3v) is 4.80. The van der Waals surface area contributed by atoms with Crippen molar-refractivity contribution in [1.29, 1.82) is 0 Å². The number of carbonyl (C=O) groups is 2. The van der Waals surface area contributed by atoms with Gasteiger partial charge in [0.25, 0.3) is 5.91 Å². The average molecular weight is 330 g/mol. The molecule has 0 unspecified atom stereocenters. The summed E-state index contributed by atoms with van der Waals surface area (Å²) in [5.41, 5.74) is 0.599. The molecule has 1 aliphatic heterocycles. The van der Waals surface area contributed by atoms with Crippen LogP contribution in [-0.2, 0) is 4.79 Å². The van der Waals surface area contributed by atoms with Crippen LogP contribution in [0, 0.1) is 0 Å². The first kappa shape index (κ1) is 16.8. The fraction of sp³-hybridized carbons (Fsp3) is 0.579. The fourth-order valence-electron chi connectivity index (χ4n) is 3.39. The summed E-state index contributed by atoms with van der Waals surface area (Å²) in [6.07, 6.45) is 7.58. The molecule has 1 saturated carbocycles. The lowest BCUT2D eigenvalue weighted by Gasteiger charge is -2.15. The molecule has 5 nitrogen and oxygen atoms in total. The van der Waals surface area contributed by atoms with Gasteiger partial charge in [0.15, 0.2) is 0 Å². The summed E-state index contributed by atoms with van der Waals surface area (Å²) in [6.45, 7) is 2.10. The van der Waals surface area contributed by atoms with E-state index in [-0.39, 0.29) is 11.8 Å². The van der Waals surface area contributed by atoms with Crippen molar-refractivity contribution in [3.63, 3.8) is 0 Å². The molecule has 0 bridgehead atoms. The number of nitrogens with one attached hydrogen (secondary N) is 1. The molecule has 2 fully saturated rings. The molecule has 1 aromatic carbocycles. The minimum Gasteiger partial charge on any atom is -0.490 e. The van der Waals surface area contributed by atoms with Crippen LogP contribution in [0.4, 0.5) is 0 Å². The smallest absolute Gasteiger partial charge is 0.251 e. The molecular formula is C19H26N2O3. The van der Waals surface area contributed by atoms with E-state index in [4.69, 9.17) is 4.74 Å². The SMILES string of the molecule is O=C(NCCC(=O)N1CCCC1)c1ccc(OC2CCCC2)cc1. The van der Waals surface area contributed by atoms with E-state index in [0.29, 0.717) is 24.6 Å². The maximum Gasteiger partial charge on any atom is 0.251 e. The molecular weight excluding hydrogens is 304 g/mol. The van der Waals surface area contributed by atoms with Gasteiger partial charge in [0.1, 0.15) is 5.75 Å². The van der Waals surface area contributed by atoms with E-state index in [1.807, 2.05) is 17.0 Å². The molecule has 1 N–H and O–H groups in total. The Labute approximate surface area is 143 Å². The van der Waals surface area contributed by atoms with Crippen LogP contribution in [-0.4, -0.2) is 42.5 Å². The number of likely N-dealkylation sites (tertiary alicyclic amines) is 1. The molecule has 0 spiro atoms. The largest absolute Gasteiger partial charge is 0.490 e. The van der Waals surface area contributed by atoms with Crippen LogP contribution in [0.1, 0.15) is 55.3 Å². The van der Waals surface area contributed by atoms with Crippen LogP contribution in [0.3, 0.4) is 0 Å². The van der Waals surface area contributed by atoms with Crippen molar-refractivity contribution in [2.45, 2.75) is 51.0 Å². The molecule has 5 heteroatoms. The van der Waals surface area contributed by atoms with E-state index in [9.17, 15) is 9.59 Å². The lowest BCUT2D eigenvalue weighted by Crippen LogP contribution is -2.32. The monoisotopic (exact) mass is 330 g/mol. The highest BCUT2D eigenvalue weighted by Gasteiger charge is 2.18. The van der Waals surface area contributed by atoms with E-state index >= 15 is 0 Å². The van der Waals surface area contributed by atoms with Crippen LogP contribution >= 0.6 is 0 Å². The number of rotatable bonds is 6. The maximum absolute atomic E-state index is 12.1. The molecule has 1 saturated heterocycles. The van der Waals surface area contributed by atoms with Crippen molar-refractivity contribution in [3.05, 3.63) is 29.8 Å². The van der Waals surface area contributed by atoms with E-state index in [0.717, 1.165) is 44.5 Å². The minimum absolute atomic E-state index is 0.133. The summed E-state index contributed by atoms with van der Waals surface area (Å²) in [5.74, 6) is 0.812. The maximum atomic E-state index is 12.1. The van der Waals surface area contributed by atoms with Crippen molar-refractivity contribution in [1.82, 2.24) is 10.2 Å². The van der Waals surface area contributed by atoms with Gasteiger partial charge in [-0.2, -0.15) is 0 Å². The Morgan fingerprint density at radius 2 is 1.71 bits per heavy atom. The second-order valence-electron chi connectivity index (χ2n) is 6.64. The molecule has 130 valence electrons. The Morgan fingerprint density at radius 1 is 1.04 bits per heavy atom. The zero-order valence-corrected chi connectivity index (χ0v) is 14.1. The van der Waals surface area contributed by atoms with E-state index < -0.39 is 0 Å². The molecule has 2 amide bonds. The lowest BCUT2D eigenvalue weighted by molar-refractivity contribution is -0.129. The first-order chi connectivity index (χ1) is 11.7. The Kier molecular flexibility index (Phi) is 5.72. The second kappa shape index (κ2) is 8.18. The predicted octanol–water partition coefficient (Wildman–Crippen LogP) is 2.75. The van der Waals surface area contributed by atoms with E-state index in [1.54, 1.807) is 12.1 Å². The first-order valence-electron chi connectivity index (χ1n) is 9.05. The van der Waals surface area contributed by atoms with Crippen molar-refractivity contribution >= 4 is 11.8 Å². The molecule has 24 heavy (non-hydrogen) atoms. The zero-order chi connectivity index (χ0) is 16.8. The average Bonchev–Trinajstić information content (AvgIpc) is 3.29. The highest BCUT2D eigenvalue weighted by Crippen LogP contribution is 2.24. The standard InChI is InChI=1S/C19H26N2O3/c22-18(21-13-3-4-14-21)11-12-20-19(23)15-7-9-17(10-8-15)24-16-5-1-2-6-16/h7-10,16H,1-6,11-14H2,(H,20,23). The summed E-state index contributed by atoms with van der Waals surface area (Å²) < 4.78 is 5.90. The molecule has 3 rings (SSSR count). The molecule has 1 aliphatic carbocycles. The summed E-state index contributed by atoms with van der Waals surface area (Å²) >= 11 is 0. The van der Waals surface area contributed by atoms with Crippen molar-refractivity contribution in [2.75, 3.05) is 19.6 Å². The van der Waals surface area contributed by atoms with Gasteiger partial charge in [0.05, 0.1) is 6.10 Å². The Morgan fingerprint density at radius 3 is 2.38 bits per heavy atom. The zero-order valence-electron chi connectivity index (χ0n) is 14.1. The first-order valence-corrected chi connectivity index (χ1v) is 9.05. The van der Waals surface area contributed by atoms with Crippen LogP contribution in [0.25, 0.3) is 0 Å². The van der Waals surface area contributed by atoms with Crippen LogP contribution < -0.4 is 10.1 Å². The van der Waals surface area contributed by atoms with Gasteiger partial charge < -0.3 is 15.0 Å². The highest BCUT2D eigenvalue weighted by atomic mass is 16.5. The number of hydrogen-bond donors (Lipinski definition) is 1. The topological polar surface area (TPSA) is 58.6 Å². The number of amides is 2. The Balaban J connectivity index is 1.41. The quantitative estimate of drug-likeness (QED) is 0.872. The van der Waals surface area contributed by atoms with Crippen molar-refractivity contribution < 1.29 is 14.3 Å². The van der Waals surface area contributed by atoms with Gasteiger partial charge in [-0.3, -0.25) is 9.59 Å². The van der Waals surface area contributed by atoms with Crippen LogP contribution in [0.15, 0.2) is 24.3 Å². The number of carbonyl (C=O) groups excluding carboxylic acids is 2. The molecule has 2 aliphatic rings. The molecule has 0 aromatic heterocycles. The van der Waals surface area contributed by atoms with Gasteiger partial charge in [-0.05, 0) is 62.8 Å². The van der Waals surface area contributed by atoms with Crippen molar-refractivity contribution in [2.24, 2.45) is 0 Å². The number of nitrogens with zero attached hydrogens (tertiary/aromatic N) is 1. The van der Waals surface area contributed by atoms with E-state index in [1.165, 1.54) is 12.8 Å². The lowest BCUT2D eigenvalue weighted by atomic mass is 10.2. The summed E-state index contributed by atoms with van der Waals surface area (Å²) in [4.78, 5) is 25.9. The molecule has 0 atom stereocenters. The number of ether oxygens (including phenoxy) is 1. The third kappa shape index (κ3) is 4.49. The molecule has 1 aromatic rings.